The normalized spacial score (nSPS) is 19.7. The highest BCUT2D eigenvalue weighted by atomic mass is 79.9. The van der Waals surface area contributed by atoms with Crippen LogP contribution in [0.1, 0.15) is 11.6 Å². The van der Waals surface area contributed by atoms with Crippen LogP contribution >= 0.6 is 15.9 Å². The van der Waals surface area contributed by atoms with Crippen LogP contribution in [-0.4, -0.2) is 19.7 Å². The van der Waals surface area contributed by atoms with Crippen molar-refractivity contribution in [2.45, 2.75) is 6.04 Å². The highest BCUT2D eigenvalue weighted by Crippen LogP contribution is 2.32. The summed E-state index contributed by atoms with van der Waals surface area (Å²) in [5, 5.41) is 0. The second-order valence-electron chi connectivity index (χ2n) is 3.24. The fourth-order valence-corrected chi connectivity index (χ4v) is 2.60. The zero-order valence-corrected chi connectivity index (χ0v) is 10.2. The maximum atomic E-state index is 11.4. The molecule has 2 rings (SSSR count). The number of ether oxygens (including phenoxy) is 1. The van der Waals surface area contributed by atoms with Gasteiger partial charge in [0, 0.05) is 5.56 Å². The SMILES string of the molecule is O=S(=O)(CBr)NC1COc2ccccc21. The van der Waals surface area contributed by atoms with Crippen LogP contribution in [0.15, 0.2) is 24.3 Å². The molecule has 6 heteroatoms. The molecule has 0 aliphatic carbocycles. The Labute approximate surface area is 96.8 Å². The molecule has 1 unspecified atom stereocenters. The van der Waals surface area contributed by atoms with E-state index in [1.165, 1.54) is 0 Å². The molecule has 1 aromatic carbocycles. The minimum Gasteiger partial charge on any atom is -0.491 e. The minimum atomic E-state index is -3.26. The summed E-state index contributed by atoms with van der Waals surface area (Å²) < 4.78 is 30.5. The summed E-state index contributed by atoms with van der Waals surface area (Å²) in [6.07, 6.45) is 0. The quantitative estimate of drug-likeness (QED) is 0.857. The summed E-state index contributed by atoms with van der Waals surface area (Å²) in [5.41, 5.74) is 0.891. The van der Waals surface area contributed by atoms with Gasteiger partial charge in [-0.15, -0.1) is 0 Å². The smallest absolute Gasteiger partial charge is 0.222 e. The maximum Gasteiger partial charge on any atom is 0.222 e. The van der Waals surface area contributed by atoms with Crippen molar-refractivity contribution in [1.29, 1.82) is 0 Å². The Balaban J connectivity index is 2.22. The first-order valence-electron chi connectivity index (χ1n) is 4.40. The average molecular weight is 292 g/mol. The van der Waals surface area contributed by atoms with E-state index in [2.05, 4.69) is 20.7 Å². The Bertz CT molecular complexity index is 460. The number of benzene rings is 1. The van der Waals surface area contributed by atoms with Crippen LogP contribution in [0.25, 0.3) is 0 Å². The number of fused-ring (bicyclic) bond motifs is 1. The zero-order valence-electron chi connectivity index (χ0n) is 7.81. The minimum absolute atomic E-state index is 0.0985. The molecule has 0 spiro atoms. The molecule has 4 nitrogen and oxygen atoms in total. The van der Waals surface area contributed by atoms with Gasteiger partial charge in [0.1, 0.15) is 17.0 Å². The summed E-state index contributed by atoms with van der Waals surface area (Å²) in [4.78, 5) is 0. The molecule has 0 saturated carbocycles. The lowest BCUT2D eigenvalue weighted by Gasteiger charge is -2.09. The third-order valence-electron chi connectivity index (χ3n) is 2.17. The molecular weight excluding hydrogens is 282 g/mol. The molecule has 0 radical (unpaired) electrons. The van der Waals surface area contributed by atoms with Crippen molar-refractivity contribution < 1.29 is 13.2 Å². The van der Waals surface area contributed by atoms with Crippen LogP contribution in [0.5, 0.6) is 5.75 Å². The summed E-state index contributed by atoms with van der Waals surface area (Å²) in [6.45, 7) is 0.353. The Morgan fingerprint density at radius 3 is 2.93 bits per heavy atom. The van der Waals surface area contributed by atoms with Gasteiger partial charge >= 0.3 is 0 Å². The van der Waals surface area contributed by atoms with E-state index in [9.17, 15) is 8.42 Å². The van der Waals surface area contributed by atoms with Gasteiger partial charge in [-0.25, -0.2) is 13.1 Å². The average Bonchev–Trinajstić information content (AvgIpc) is 2.62. The van der Waals surface area contributed by atoms with Crippen molar-refractivity contribution in [1.82, 2.24) is 4.72 Å². The van der Waals surface area contributed by atoms with Crippen LogP contribution in [0.2, 0.25) is 0 Å². The first kappa shape index (κ1) is 10.9. The van der Waals surface area contributed by atoms with Crippen molar-refractivity contribution in [3.63, 3.8) is 0 Å². The van der Waals surface area contributed by atoms with E-state index in [0.29, 0.717) is 6.61 Å². The van der Waals surface area contributed by atoms with Gasteiger partial charge in [-0.1, -0.05) is 34.1 Å². The number of hydrogen-bond acceptors (Lipinski definition) is 3. The van der Waals surface area contributed by atoms with Gasteiger partial charge in [0.15, 0.2) is 0 Å². The fraction of sp³-hybridized carbons (Fsp3) is 0.333. The van der Waals surface area contributed by atoms with Crippen LogP contribution in [0.3, 0.4) is 0 Å². The molecule has 1 atom stereocenters. The molecule has 1 aliphatic rings. The number of nitrogens with one attached hydrogen (secondary N) is 1. The van der Waals surface area contributed by atoms with Crippen LogP contribution in [0.4, 0.5) is 0 Å². The Hall–Kier alpha value is -0.590. The molecule has 1 heterocycles. The van der Waals surface area contributed by atoms with Gasteiger partial charge in [-0.2, -0.15) is 0 Å². The van der Waals surface area contributed by atoms with E-state index in [0.717, 1.165) is 11.3 Å². The van der Waals surface area contributed by atoms with E-state index in [1.54, 1.807) is 0 Å². The predicted octanol–water partition coefficient (Wildman–Crippen LogP) is 1.39. The number of alkyl halides is 1. The molecule has 1 N–H and O–H groups in total. The molecule has 1 aromatic rings. The monoisotopic (exact) mass is 291 g/mol. The van der Waals surface area contributed by atoms with E-state index in [1.807, 2.05) is 24.3 Å². The summed E-state index contributed by atoms with van der Waals surface area (Å²) in [5.74, 6) is 0.750. The first-order valence-corrected chi connectivity index (χ1v) is 7.17. The number of halogens is 1. The first-order chi connectivity index (χ1) is 7.12. The number of hydrogen-bond donors (Lipinski definition) is 1. The van der Waals surface area contributed by atoms with Crippen molar-refractivity contribution in [2.75, 3.05) is 11.3 Å². The Kier molecular flexibility index (Phi) is 2.99. The molecule has 1 aliphatic heterocycles. The van der Waals surface area contributed by atoms with Crippen LogP contribution in [-0.2, 0) is 10.0 Å². The van der Waals surface area contributed by atoms with E-state index in [4.69, 9.17) is 4.74 Å². The van der Waals surface area contributed by atoms with Crippen molar-refractivity contribution in [2.24, 2.45) is 0 Å². The largest absolute Gasteiger partial charge is 0.491 e. The van der Waals surface area contributed by atoms with E-state index < -0.39 is 10.0 Å². The number of rotatable bonds is 3. The molecule has 15 heavy (non-hydrogen) atoms. The molecule has 0 fully saturated rings. The summed E-state index contributed by atoms with van der Waals surface area (Å²) >= 11 is 2.93. The lowest BCUT2D eigenvalue weighted by Crippen LogP contribution is -2.30. The molecule has 0 aromatic heterocycles. The van der Waals surface area contributed by atoms with Gasteiger partial charge in [0.2, 0.25) is 10.0 Å². The van der Waals surface area contributed by atoms with Crippen LogP contribution in [0, 0.1) is 0 Å². The third kappa shape index (κ3) is 2.32. The summed E-state index contributed by atoms with van der Waals surface area (Å²) in [7, 11) is -3.26. The van der Waals surface area contributed by atoms with Gasteiger partial charge in [-0.05, 0) is 6.07 Å². The van der Waals surface area contributed by atoms with Gasteiger partial charge in [-0.3, -0.25) is 0 Å². The van der Waals surface area contributed by atoms with Crippen molar-refractivity contribution in [3.8, 4) is 5.75 Å². The fourth-order valence-electron chi connectivity index (χ4n) is 1.51. The highest BCUT2D eigenvalue weighted by molar-refractivity contribution is 9.10. The lowest BCUT2D eigenvalue weighted by atomic mass is 10.1. The second kappa shape index (κ2) is 4.11. The summed E-state index contributed by atoms with van der Waals surface area (Å²) in [6, 6.07) is 7.15. The maximum absolute atomic E-state index is 11.4. The third-order valence-corrected chi connectivity index (χ3v) is 4.90. The zero-order chi connectivity index (χ0) is 10.9. The second-order valence-corrected chi connectivity index (χ2v) is 6.30. The number of sulfonamides is 1. The lowest BCUT2D eigenvalue weighted by molar-refractivity contribution is 0.325. The number of para-hydroxylation sites is 1. The van der Waals surface area contributed by atoms with Gasteiger partial charge in [0.05, 0.1) is 6.04 Å². The molecule has 0 bridgehead atoms. The highest BCUT2D eigenvalue weighted by Gasteiger charge is 2.26. The van der Waals surface area contributed by atoms with Crippen molar-refractivity contribution >= 4 is 26.0 Å². The standard InChI is InChI=1S/C9H10BrNO3S/c10-6-15(12,13)11-8-5-14-9-4-2-1-3-7(8)9/h1-4,8,11H,5-6H2. The molecule has 0 saturated heterocycles. The Morgan fingerprint density at radius 1 is 1.47 bits per heavy atom. The molecule has 82 valence electrons. The Morgan fingerprint density at radius 2 is 2.20 bits per heavy atom. The molecular formula is C9H10BrNO3S. The van der Waals surface area contributed by atoms with E-state index in [-0.39, 0.29) is 10.7 Å². The topological polar surface area (TPSA) is 55.4 Å². The van der Waals surface area contributed by atoms with Crippen molar-refractivity contribution in [3.05, 3.63) is 29.8 Å². The predicted molar refractivity (Wildman–Crippen MR) is 60.5 cm³/mol. The van der Waals surface area contributed by atoms with Gasteiger partial charge in [0.25, 0.3) is 0 Å². The van der Waals surface area contributed by atoms with E-state index >= 15 is 0 Å². The molecule has 0 amide bonds. The van der Waals surface area contributed by atoms with Gasteiger partial charge < -0.3 is 4.74 Å². The van der Waals surface area contributed by atoms with Crippen LogP contribution < -0.4 is 9.46 Å².